The van der Waals surface area contributed by atoms with Crippen LogP contribution in [-0.4, -0.2) is 82.4 Å². The Bertz CT molecular complexity index is 1120. The molecular formula is C27H35ClO11. The largest absolute Gasteiger partial charge is 0.462 e. The molecule has 4 aliphatic heterocycles. The Morgan fingerprint density at radius 1 is 1.15 bits per heavy atom. The Balaban J connectivity index is 1.81. The first-order chi connectivity index (χ1) is 18.2. The van der Waals surface area contributed by atoms with Crippen molar-refractivity contribution < 1.29 is 52.7 Å². The number of halogens is 1. The summed E-state index contributed by atoms with van der Waals surface area (Å²) in [6.07, 6.45) is -3.89. The molecule has 5 rings (SSSR count). The van der Waals surface area contributed by atoms with Gasteiger partial charge in [0, 0.05) is 38.2 Å². The Kier molecular flexibility index (Phi) is 6.65. The summed E-state index contributed by atoms with van der Waals surface area (Å²) in [6.45, 7) is 11.7. The van der Waals surface area contributed by atoms with Crippen molar-refractivity contribution in [1.82, 2.24) is 0 Å². The van der Waals surface area contributed by atoms with E-state index in [0.717, 1.165) is 0 Å². The number of hydrogen-bond acceptors (Lipinski definition) is 11. The van der Waals surface area contributed by atoms with Crippen molar-refractivity contribution in [2.24, 2.45) is 17.3 Å². The van der Waals surface area contributed by atoms with Gasteiger partial charge in [0.25, 0.3) is 0 Å². The molecule has 11 nitrogen and oxygen atoms in total. The van der Waals surface area contributed by atoms with Crippen molar-refractivity contribution in [2.45, 2.75) is 107 Å². The lowest BCUT2D eigenvalue weighted by atomic mass is 9.51. The zero-order valence-electron chi connectivity index (χ0n) is 22.7. The van der Waals surface area contributed by atoms with Crippen LogP contribution in [0.15, 0.2) is 12.2 Å². The van der Waals surface area contributed by atoms with Gasteiger partial charge < -0.3 is 33.5 Å². The lowest BCUT2D eigenvalue weighted by Gasteiger charge is -2.62. The highest BCUT2D eigenvalue weighted by molar-refractivity contribution is 6.23. The van der Waals surface area contributed by atoms with Gasteiger partial charge in [-0.1, -0.05) is 20.4 Å². The number of rotatable bonds is 4. The first-order valence-corrected chi connectivity index (χ1v) is 13.7. The van der Waals surface area contributed by atoms with Gasteiger partial charge >= 0.3 is 23.9 Å². The van der Waals surface area contributed by atoms with Gasteiger partial charge in [-0.05, 0) is 19.8 Å². The van der Waals surface area contributed by atoms with Crippen molar-refractivity contribution in [3.8, 4) is 0 Å². The number of hydrogen-bond donors (Lipinski definition) is 1. The topological polar surface area (TPSA) is 147 Å². The second-order valence-corrected chi connectivity index (χ2v) is 12.1. The molecule has 216 valence electrons. The highest BCUT2D eigenvalue weighted by atomic mass is 35.5. The van der Waals surface area contributed by atoms with E-state index in [2.05, 4.69) is 6.58 Å². The molecule has 4 heterocycles. The van der Waals surface area contributed by atoms with Gasteiger partial charge in [0.05, 0.1) is 28.9 Å². The summed E-state index contributed by atoms with van der Waals surface area (Å²) in [6, 6.07) is 0. The van der Waals surface area contributed by atoms with Crippen LogP contribution in [0.3, 0.4) is 0 Å². The van der Waals surface area contributed by atoms with Crippen LogP contribution < -0.4 is 0 Å². The summed E-state index contributed by atoms with van der Waals surface area (Å²) in [5.41, 5.74) is -3.90. The molecule has 0 aromatic heterocycles. The molecule has 5 fully saturated rings. The van der Waals surface area contributed by atoms with Gasteiger partial charge in [-0.3, -0.25) is 19.2 Å². The molecule has 2 spiro atoms. The number of esters is 4. The summed E-state index contributed by atoms with van der Waals surface area (Å²) in [4.78, 5) is 50.9. The highest BCUT2D eigenvalue weighted by Crippen LogP contribution is 2.66. The molecule has 0 radical (unpaired) electrons. The Morgan fingerprint density at radius 3 is 2.36 bits per heavy atom. The maximum absolute atomic E-state index is 13.1. The fourth-order valence-corrected chi connectivity index (χ4v) is 7.90. The molecule has 39 heavy (non-hydrogen) atoms. The molecule has 2 bridgehead atoms. The molecule has 1 saturated carbocycles. The molecule has 5 aliphatic rings. The summed E-state index contributed by atoms with van der Waals surface area (Å²) in [7, 11) is 0. The molecule has 11 unspecified atom stereocenters. The Morgan fingerprint density at radius 2 is 1.79 bits per heavy atom. The average Bonchev–Trinajstić information content (AvgIpc) is 3.58. The van der Waals surface area contributed by atoms with Gasteiger partial charge in [-0.15, -0.1) is 11.6 Å². The Labute approximate surface area is 231 Å². The lowest BCUT2D eigenvalue weighted by molar-refractivity contribution is -0.353. The molecular weight excluding hydrogens is 536 g/mol. The monoisotopic (exact) mass is 570 g/mol. The average molecular weight is 571 g/mol. The molecule has 4 saturated heterocycles. The fourth-order valence-electron chi connectivity index (χ4n) is 7.48. The van der Waals surface area contributed by atoms with E-state index in [4.69, 9.17) is 40.0 Å². The predicted molar refractivity (Wildman–Crippen MR) is 132 cm³/mol. The number of fused-ring (bicyclic) bond motifs is 3. The molecule has 1 N–H and O–H groups in total. The van der Waals surface area contributed by atoms with Gasteiger partial charge in [0.2, 0.25) is 0 Å². The molecule has 0 aromatic rings. The van der Waals surface area contributed by atoms with Crippen LogP contribution in [0.2, 0.25) is 0 Å². The van der Waals surface area contributed by atoms with E-state index in [1.54, 1.807) is 20.8 Å². The van der Waals surface area contributed by atoms with Crippen molar-refractivity contribution in [3.05, 3.63) is 12.2 Å². The normalized spacial score (nSPS) is 48.1. The zero-order chi connectivity index (χ0) is 28.7. The third-order valence-electron chi connectivity index (χ3n) is 9.51. The van der Waals surface area contributed by atoms with Crippen LogP contribution in [-0.2, 0) is 47.6 Å². The summed E-state index contributed by atoms with van der Waals surface area (Å²) in [5.74, 6) is -6.50. The number of ether oxygens (including phenoxy) is 6. The zero-order valence-corrected chi connectivity index (χ0v) is 23.4. The fraction of sp³-hybridized carbons (Fsp3) is 0.778. The van der Waals surface area contributed by atoms with Crippen molar-refractivity contribution in [3.63, 3.8) is 0 Å². The molecule has 0 amide bonds. The third-order valence-corrected chi connectivity index (χ3v) is 10.00. The van der Waals surface area contributed by atoms with E-state index in [-0.39, 0.29) is 25.0 Å². The Hall–Kier alpha value is -2.21. The van der Waals surface area contributed by atoms with Gasteiger partial charge in [0.15, 0.2) is 17.5 Å². The minimum absolute atomic E-state index is 0.00472. The number of alkyl halides is 1. The minimum Gasteiger partial charge on any atom is -0.462 e. The predicted octanol–water partition coefficient (Wildman–Crippen LogP) is 1.94. The molecule has 0 aromatic carbocycles. The van der Waals surface area contributed by atoms with Gasteiger partial charge in [-0.25, -0.2) is 0 Å². The maximum Gasteiger partial charge on any atom is 0.312 e. The van der Waals surface area contributed by atoms with E-state index in [1.165, 1.54) is 13.8 Å². The lowest BCUT2D eigenvalue weighted by Crippen LogP contribution is -2.76. The standard InChI is InChI=1S/C27H35ClO11/c1-7-18(31)37-17-10-26(33)12(2)19(28)21-27(39-26,13(3)23(32)38-21)22(36-15(5)30)20-24(17,6)16(35-14(4)29)8-9-25(20)11-34-25/h13,16-17,19-22,33H,2,7-11H2,1,3-6H3. The van der Waals surface area contributed by atoms with Crippen LogP contribution in [0.1, 0.15) is 60.3 Å². The minimum atomic E-state index is -2.22. The quantitative estimate of drug-likeness (QED) is 0.174. The summed E-state index contributed by atoms with van der Waals surface area (Å²) in [5, 5.41) is 11.0. The molecule has 12 heteroatoms. The van der Waals surface area contributed by atoms with Crippen LogP contribution in [0.4, 0.5) is 0 Å². The molecule has 11 atom stereocenters. The van der Waals surface area contributed by atoms with E-state index in [9.17, 15) is 24.3 Å². The molecule has 1 aliphatic carbocycles. The van der Waals surface area contributed by atoms with Crippen LogP contribution in [0, 0.1) is 17.3 Å². The highest BCUT2D eigenvalue weighted by Gasteiger charge is 2.80. The van der Waals surface area contributed by atoms with Gasteiger partial charge in [-0.2, -0.15) is 0 Å². The number of carbonyl (C=O) groups excluding carboxylic acids is 4. The van der Waals surface area contributed by atoms with Crippen LogP contribution in [0.25, 0.3) is 0 Å². The summed E-state index contributed by atoms with van der Waals surface area (Å²) >= 11 is 6.82. The first-order valence-electron chi connectivity index (χ1n) is 13.3. The van der Waals surface area contributed by atoms with E-state index >= 15 is 0 Å². The van der Waals surface area contributed by atoms with Crippen molar-refractivity contribution in [2.75, 3.05) is 6.61 Å². The van der Waals surface area contributed by atoms with Crippen molar-refractivity contribution >= 4 is 35.5 Å². The smallest absolute Gasteiger partial charge is 0.312 e. The van der Waals surface area contributed by atoms with Crippen LogP contribution >= 0.6 is 11.6 Å². The van der Waals surface area contributed by atoms with E-state index < -0.39 is 87.9 Å². The van der Waals surface area contributed by atoms with Crippen LogP contribution in [0.5, 0.6) is 0 Å². The first kappa shape index (κ1) is 28.3. The van der Waals surface area contributed by atoms with E-state index in [1.807, 2.05) is 0 Å². The number of epoxide rings is 1. The van der Waals surface area contributed by atoms with Gasteiger partial charge in [0.1, 0.15) is 18.3 Å². The van der Waals surface area contributed by atoms with E-state index in [0.29, 0.717) is 12.8 Å². The maximum atomic E-state index is 13.1. The number of aliphatic hydroxyl groups is 1. The SMILES string of the molecule is C=C1C(Cl)C2OC(=O)C(C)C23OC1(O)CC(OC(=O)CC)C1(C)C(OC(C)=O)CCC2(CO2)C1C3OC(C)=O. The second kappa shape index (κ2) is 9.15. The summed E-state index contributed by atoms with van der Waals surface area (Å²) < 4.78 is 36.1. The van der Waals surface area contributed by atoms with Crippen molar-refractivity contribution in [1.29, 1.82) is 0 Å². The number of carbonyl (C=O) groups is 4. The second-order valence-electron chi connectivity index (χ2n) is 11.6. The third kappa shape index (κ3) is 3.94.